The molecule has 1 saturated heterocycles. The van der Waals surface area contributed by atoms with E-state index in [2.05, 4.69) is 0 Å². The maximum atomic E-state index is 11.2. The molecular weight excluding hydrogens is 260 g/mol. The van der Waals surface area contributed by atoms with Gasteiger partial charge >= 0.3 is 5.97 Å². The standard InChI is InChI=1S/C14H16N2O4/c17-14(18)7-5-11-4-6-12(13(10-11)16(19)20)15-8-2-1-3-9-15/h4-7,10H,1-3,8-9H2,(H,17,18)/b7-5-. The lowest BCUT2D eigenvalue weighted by atomic mass is 10.1. The molecular formula is C14H16N2O4. The van der Waals surface area contributed by atoms with Crippen molar-refractivity contribution in [2.75, 3.05) is 18.0 Å². The van der Waals surface area contributed by atoms with Crippen molar-refractivity contribution in [1.82, 2.24) is 0 Å². The number of anilines is 1. The molecule has 1 heterocycles. The molecule has 1 aromatic rings. The van der Waals surface area contributed by atoms with Crippen molar-refractivity contribution in [3.8, 4) is 0 Å². The molecule has 2 rings (SSSR count). The fraction of sp³-hybridized carbons (Fsp3) is 0.357. The minimum Gasteiger partial charge on any atom is -0.478 e. The van der Waals surface area contributed by atoms with Gasteiger partial charge in [-0.15, -0.1) is 0 Å². The van der Waals surface area contributed by atoms with Crippen LogP contribution in [0.25, 0.3) is 6.08 Å². The summed E-state index contributed by atoms with van der Waals surface area (Å²) in [5.41, 5.74) is 1.15. The summed E-state index contributed by atoms with van der Waals surface area (Å²) in [5.74, 6) is -1.08. The molecule has 0 amide bonds. The topological polar surface area (TPSA) is 83.7 Å². The molecule has 20 heavy (non-hydrogen) atoms. The summed E-state index contributed by atoms with van der Waals surface area (Å²) in [7, 11) is 0. The third kappa shape index (κ3) is 3.34. The number of rotatable bonds is 4. The maximum Gasteiger partial charge on any atom is 0.328 e. The Morgan fingerprint density at radius 2 is 2.00 bits per heavy atom. The zero-order valence-corrected chi connectivity index (χ0v) is 11.0. The predicted octanol–water partition coefficient (Wildman–Crippen LogP) is 2.68. The average Bonchev–Trinajstić information content (AvgIpc) is 2.45. The third-order valence-electron chi connectivity index (χ3n) is 3.31. The van der Waals surface area contributed by atoms with Gasteiger partial charge in [-0.25, -0.2) is 4.79 Å². The molecule has 0 aromatic heterocycles. The second kappa shape index (κ2) is 6.18. The molecule has 1 N–H and O–H groups in total. The molecule has 1 aromatic carbocycles. The Morgan fingerprint density at radius 3 is 2.60 bits per heavy atom. The molecule has 106 valence electrons. The molecule has 0 aliphatic carbocycles. The number of nitrogens with zero attached hydrogens (tertiary/aromatic N) is 2. The van der Waals surface area contributed by atoms with E-state index in [4.69, 9.17) is 5.11 Å². The molecule has 6 heteroatoms. The molecule has 6 nitrogen and oxygen atoms in total. The number of carbonyl (C=O) groups is 1. The predicted molar refractivity (Wildman–Crippen MR) is 75.8 cm³/mol. The molecule has 0 bridgehead atoms. The molecule has 0 saturated carbocycles. The lowest BCUT2D eigenvalue weighted by Gasteiger charge is -2.28. The van der Waals surface area contributed by atoms with E-state index in [-0.39, 0.29) is 5.69 Å². The first kappa shape index (κ1) is 14.0. The Labute approximate surface area is 116 Å². The van der Waals surface area contributed by atoms with E-state index < -0.39 is 10.9 Å². The van der Waals surface area contributed by atoms with Gasteiger partial charge < -0.3 is 10.0 Å². The van der Waals surface area contributed by atoms with E-state index in [1.807, 2.05) is 4.90 Å². The van der Waals surface area contributed by atoms with Crippen molar-refractivity contribution < 1.29 is 14.8 Å². The van der Waals surface area contributed by atoms with E-state index in [1.54, 1.807) is 12.1 Å². The fourth-order valence-electron chi connectivity index (χ4n) is 2.36. The quantitative estimate of drug-likeness (QED) is 0.519. The Kier molecular flexibility index (Phi) is 4.34. The van der Waals surface area contributed by atoms with Gasteiger partial charge in [0.2, 0.25) is 0 Å². The average molecular weight is 276 g/mol. The summed E-state index contributed by atoms with van der Waals surface area (Å²) >= 11 is 0. The first-order valence-electron chi connectivity index (χ1n) is 6.52. The summed E-state index contributed by atoms with van der Waals surface area (Å²) < 4.78 is 0. The van der Waals surface area contributed by atoms with Crippen molar-refractivity contribution >= 4 is 23.4 Å². The Hall–Kier alpha value is -2.37. The van der Waals surface area contributed by atoms with Crippen molar-refractivity contribution in [3.05, 3.63) is 40.0 Å². The van der Waals surface area contributed by atoms with Gasteiger partial charge in [0.25, 0.3) is 5.69 Å². The van der Waals surface area contributed by atoms with Gasteiger partial charge in [0.1, 0.15) is 5.69 Å². The van der Waals surface area contributed by atoms with E-state index in [9.17, 15) is 14.9 Å². The van der Waals surface area contributed by atoms with Gasteiger partial charge in [-0.3, -0.25) is 10.1 Å². The van der Waals surface area contributed by atoms with Crippen LogP contribution in [0, 0.1) is 10.1 Å². The highest BCUT2D eigenvalue weighted by molar-refractivity contribution is 5.85. The van der Waals surface area contributed by atoms with Gasteiger partial charge in [0.05, 0.1) is 4.92 Å². The van der Waals surface area contributed by atoms with Crippen LogP contribution in [0.3, 0.4) is 0 Å². The monoisotopic (exact) mass is 276 g/mol. The normalized spacial score (nSPS) is 15.5. The molecule has 1 aliphatic rings. The van der Waals surface area contributed by atoms with Gasteiger partial charge in [0.15, 0.2) is 0 Å². The number of benzene rings is 1. The summed E-state index contributed by atoms with van der Waals surface area (Å²) in [6.07, 6.45) is 5.56. The number of aliphatic carboxylic acids is 1. The summed E-state index contributed by atoms with van der Waals surface area (Å²) in [6.45, 7) is 1.65. The zero-order valence-electron chi connectivity index (χ0n) is 11.0. The first-order chi connectivity index (χ1) is 9.58. The molecule has 1 fully saturated rings. The minimum absolute atomic E-state index is 0.0273. The number of piperidine rings is 1. The van der Waals surface area contributed by atoms with Gasteiger partial charge in [-0.2, -0.15) is 0 Å². The van der Waals surface area contributed by atoms with Crippen LogP contribution in [-0.4, -0.2) is 29.1 Å². The molecule has 0 atom stereocenters. The number of hydrogen-bond acceptors (Lipinski definition) is 4. The molecule has 0 unspecified atom stereocenters. The first-order valence-corrected chi connectivity index (χ1v) is 6.52. The highest BCUT2D eigenvalue weighted by Gasteiger charge is 2.21. The Bertz CT molecular complexity index is 548. The zero-order chi connectivity index (χ0) is 14.5. The molecule has 0 spiro atoms. The lowest BCUT2D eigenvalue weighted by molar-refractivity contribution is -0.384. The summed E-state index contributed by atoms with van der Waals surface area (Å²) in [4.78, 5) is 23.3. The fourth-order valence-corrected chi connectivity index (χ4v) is 2.36. The van der Waals surface area contributed by atoms with Gasteiger partial charge in [-0.1, -0.05) is 6.07 Å². The highest BCUT2D eigenvalue weighted by Crippen LogP contribution is 2.31. The van der Waals surface area contributed by atoms with Crippen molar-refractivity contribution in [3.63, 3.8) is 0 Å². The van der Waals surface area contributed by atoms with E-state index >= 15 is 0 Å². The van der Waals surface area contributed by atoms with E-state index in [0.29, 0.717) is 11.3 Å². The number of hydrogen-bond donors (Lipinski definition) is 1. The van der Waals surface area contributed by atoms with Crippen LogP contribution < -0.4 is 4.90 Å². The van der Waals surface area contributed by atoms with E-state index in [0.717, 1.165) is 38.4 Å². The lowest BCUT2D eigenvalue weighted by Crippen LogP contribution is -2.29. The molecule has 0 radical (unpaired) electrons. The van der Waals surface area contributed by atoms with Crippen LogP contribution in [0.2, 0.25) is 0 Å². The highest BCUT2D eigenvalue weighted by atomic mass is 16.6. The van der Waals surface area contributed by atoms with Crippen LogP contribution in [-0.2, 0) is 4.79 Å². The number of nitro groups is 1. The molecule has 1 aliphatic heterocycles. The Balaban J connectivity index is 2.32. The second-order valence-corrected chi connectivity index (χ2v) is 4.72. The summed E-state index contributed by atoms with van der Waals surface area (Å²) in [6, 6.07) is 4.82. The van der Waals surface area contributed by atoms with Crippen molar-refractivity contribution in [2.45, 2.75) is 19.3 Å². The largest absolute Gasteiger partial charge is 0.478 e. The third-order valence-corrected chi connectivity index (χ3v) is 3.31. The smallest absolute Gasteiger partial charge is 0.328 e. The number of nitro benzene ring substituents is 1. The Morgan fingerprint density at radius 1 is 1.30 bits per heavy atom. The van der Waals surface area contributed by atoms with Crippen LogP contribution in [0.4, 0.5) is 11.4 Å². The number of carboxylic acids is 1. The van der Waals surface area contributed by atoms with Crippen LogP contribution in [0.1, 0.15) is 24.8 Å². The van der Waals surface area contributed by atoms with Crippen LogP contribution >= 0.6 is 0 Å². The van der Waals surface area contributed by atoms with Crippen LogP contribution in [0.15, 0.2) is 24.3 Å². The maximum absolute atomic E-state index is 11.2. The second-order valence-electron chi connectivity index (χ2n) is 4.72. The van der Waals surface area contributed by atoms with Gasteiger partial charge in [-0.05, 0) is 37.0 Å². The van der Waals surface area contributed by atoms with Crippen LogP contribution in [0.5, 0.6) is 0 Å². The van der Waals surface area contributed by atoms with Gasteiger partial charge in [0, 0.05) is 25.2 Å². The summed E-state index contributed by atoms with van der Waals surface area (Å²) in [5, 5.41) is 19.8. The minimum atomic E-state index is -1.08. The van der Waals surface area contributed by atoms with Crippen molar-refractivity contribution in [2.24, 2.45) is 0 Å². The number of carboxylic acid groups (broad SMARTS) is 1. The SMILES string of the molecule is O=C(O)/C=C\c1ccc(N2CCCCC2)c([N+](=O)[O-])c1. The van der Waals surface area contributed by atoms with E-state index in [1.165, 1.54) is 12.1 Å². The van der Waals surface area contributed by atoms with Crippen molar-refractivity contribution in [1.29, 1.82) is 0 Å².